The molecule has 0 aliphatic carbocycles. The molecule has 0 spiro atoms. The van der Waals surface area contributed by atoms with Gasteiger partial charge in [-0.3, -0.25) is 9.59 Å². The van der Waals surface area contributed by atoms with Gasteiger partial charge in [-0.15, -0.1) is 11.8 Å². The lowest BCUT2D eigenvalue weighted by Crippen LogP contribution is -2.37. The largest absolute Gasteiger partial charge is 0.339 e. The van der Waals surface area contributed by atoms with E-state index in [1.165, 1.54) is 5.56 Å². The molecule has 4 rings (SSSR count). The first-order valence-electron chi connectivity index (χ1n) is 10.5. The van der Waals surface area contributed by atoms with E-state index >= 15 is 0 Å². The van der Waals surface area contributed by atoms with Crippen LogP contribution in [0.4, 0.5) is 0 Å². The predicted octanol–water partition coefficient (Wildman–Crippen LogP) is 4.38. The Morgan fingerprint density at radius 2 is 1.72 bits per heavy atom. The number of carbonyl (C=O) groups excluding carboxylic acids is 2. The van der Waals surface area contributed by atoms with Crippen LogP contribution in [0.25, 0.3) is 0 Å². The Bertz CT molecular complexity index is 845. The molecule has 0 aromatic heterocycles. The van der Waals surface area contributed by atoms with Gasteiger partial charge in [-0.1, -0.05) is 49.4 Å². The minimum absolute atomic E-state index is 0.0335. The summed E-state index contributed by atoms with van der Waals surface area (Å²) in [7, 11) is 0. The summed E-state index contributed by atoms with van der Waals surface area (Å²) < 4.78 is 0. The molecule has 0 unspecified atom stereocenters. The average Bonchev–Trinajstić information content (AvgIpc) is 3.13. The Balaban J connectivity index is 1.42. The minimum Gasteiger partial charge on any atom is -0.339 e. The first-order valence-corrected chi connectivity index (χ1v) is 11.5. The highest BCUT2D eigenvalue weighted by molar-refractivity contribution is 8.00. The summed E-state index contributed by atoms with van der Waals surface area (Å²) in [6, 6.07) is 18.2. The molecule has 152 valence electrons. The van der Waals surface area contributed by atoms with E-state index in [4.69, 9.17) is 0 Å². The normalized spacial score (nSPS) is 20.3. The van der Waals surface area contributed by atoms with Gasteiger partial charge in [0.2, 0.25) is 5.91 Å². The zero-order chi connectivity index (χ0) is 20.2. The number of amides is 2. The molecule has 0 radical (unpaired) electrons. The van der Waals surface area contributed by atoms with Crippen LogP contribution in [-0.4, -0.2) is 47.0 Å². The maximum atomic E-state index is 12.8. The quantitative estimate of drug-likeness (QED) is 0.737. The number of rotatable bonds is 5. The third-order valence-electron chi connectivity index (χ3n) is 5.97. The van der Waals surface area contributed by atoms with Crippen molar-refractivity contribution < 1.29 is 9.59 Å². The van der Waals surface area contributed by atoms with Crippen LogP contribution in [0.15, 0.2) is 54.6 Å². The number of benzene rings is 2. The number of piperidine rings is 1. The first-order chi connectivity index (χ1) is 14.1. The van der Waals surface area contributed by atoms with Gasteiger partial charge in [-0.2, -0.15) is 0 Å². The SMILES string of the molecule is CC1CCN(C(=O)c2ccc([C@@H]3SCC(=O)N3CCc3ccccc3)cc2)CC1. The van der Waals surface area contributed by atoms with Gasteiger partial charge in [0.05, 0.1) is 5.75 Å². The molecule has 5 heteroatoms. The van der Waals surface area contributed by atoms with Crippen molar-refractivity contribution in [1.82, 2.24) is 9.80 Å². The van der Waals surface area contributed by atoms with E-state index in [9.17, 15) is 9.59 Å². The van der Waals surface area contributed by atoms with Gasteiger partial charge in [0, 0.05) is 25.2 Å². The van der Waals surface area contributed by atoms with E-state index in [2.05, 4.69) is 19.1 Å². The number of hydrogen-bond donors (Lipinski definition) is 0. The molecule has 2 aromatic carbocycles. The molecule has 2 aromatic rings. The van der Waals surface area contributed by atoms with Crippen LogP contribution in [0.5, 0.6) is 0 Å². The summed E-state index contributed by atoms with van der Waals surface area (Å²) in [6.45, 7) is 4.66. The van der Waals surface area contributed by atoms with E-state index in [1.807, 2.05) is 52.3 Å². The standard InChI is InChI=1S/C24H28N2O2S/c1-18-11-14-25(15-12-18)23(28)20-7-9-21(10-8-20)24-26(22(27)17-29-24)16-13-19-5-3-2-4-6-19/h2-10,18,24H,11-17H2,1H3/t24-/m0/s1. The average molecular weight is 409 g/mol. The molecule has 2 amide bonds. The number of hydrogen-bond acceptors (Lipinski definition) is 3. The fourth-order valence-corrected chi connectivity index (χ4v) is 5.27. The molecule has 29 heavy (non-hydrogen) atoms. The van der Waals surface area contributed by atoms with Crippen LogP contribution in [-0.2, 0) is 11.2 Å². The van der Waals surface area contributed by atoms with Gasteiger partial charge in [0.25, 0.3) is 5.91 Å². The lowest BCUT2D eigenvalue weighted by Gasteiger charge is -2.30. The molecular formula is C24H28N2O2S. The van der Waals surface area contributed by atoms with Crippen molar-refractivity contribution in [2.24, 2.45) is 5.92 Å². The highest BCUT2D eigenvalue weighted by atomic mass is 32.2. The minimum atomic E-state index is 0.0335. The molecule has 2 fully saturated rings. The van der Waals surface area contributed by atoms with Crippen molar-refractivity contribution in [3.05, 3.63) is 71.3 Å². The number of thioether (sulfide) groups is 1. The van der Waals surface area contributed by atoms with Gasteiger partial charge >= 0.3 is 0 Å². The molecule has 0 N–H and O–H groups in total. The van der Waals surface area contributed by atoms with Crippen LogP contribution in [0.3, 0.4) is 0 Å². The van der Waals surface area contributed by atoms with Gasteiger partial charge in [0.15, 0.2) is 0 Å². The topological polar surface area (TPSA) is 40.6 Å². The maximum Gasteiger partial charge on any atom is 0.253 e. The Kier molecular flexibility index (Phi) is 6.24. The van der Waals surface area contributed by atoms with Crippen LogP contribution < -0.4 is 0 Å². The predicted molar refractivity (Wildman–Crippen MR) is 118 cm³/mol. The van der Waals surface area contributed by atoms with Crippen molar-refractivity contribution in [1.29, 1.82) is 0 Å². The van der Waals surface area contributed by atoms with Crippen molar-refractivity contribution in [2.45, 2.75) is 31.6 Å². The molecule has 2 aliphatic rings. The Morgan fingerprint density at radius 1 is 1.03 bits per heavy atom. The van der Waals surface area contributed by atoms with Crippen LogP contribution in [0, 0.1) is 5.92 Å². The van der Waals surface area contributed by atoms with Crippen LogP contribution >= 0.6 is 11.8 Å². The zero-order valence-corrected chi connectivity index (χ0v) is 17.7. The molecule has 2 saturated heterocycles. The molecule has 0 bridgehead atoms. The van der Waals surface area contributed by atoms with E-state index in [0.717, 1.165) is 43.5 Å². The number of nitrogens with zero attached hydrogens (tertiary/aromatic N) is 2. The summed E-state index contributed by atoms with van der Waals surface area (Å²) in [5.41, 5.74) is 3.08. The lowest BCUT2D eigenvalue weighted by molar-refractivity contribution is -0.128. The lowest BCUT2D eigenvalue weighted by atomic mass is 9.98. The van der Waals surface area contributed by atoms with Gasteiger partial charge in [-0.25, -0.2) is 0 Å². The van der Waals surface area contributed by atoms with E-state index in [0.29, 0.717) is 18.2 Å². The van der Waals surface area contributed by atoms with Crippen molar-refractivity contribution in [3.63, 3.8) is 0 Å². The summed E-state index contributed by atoms with van der Waals surface area (Å²) in [6.07, 6.45) is 3.02. The molecular weight excluding hydrogens is 380 g/mol. The number of carbonyl (C=O) groups is 2. The highest BCUT2D eigenvalue weighted by Gasteiger charge is 2.32. The fourth-order valence-electron chi connectivity index (χ4n) is 4.05. The molecule has 4 nitrogen and oxygen atoms in total. The van der Waals surface area contributed by atoms with Gasteiger partial charge in [-0.05, 0) is 48.4 Å². The Morgan fingerprint density at radius 3 is 2.41 bits per heavy atom. The molecule has 1 atom stereocenters. The molecule has 0 saturated carbocycles. The van der Waals surface area contributed by atoms with Crippen LogP contribution in [0.2, 0.25) is 0 Å². The maximum absolute atomic E-state index is 12.8. The second kappa shape index (κ2) is 9.04. The number of likely N-dealkylation sites (tertiary alicyclic amines) is 1. The molecule has 2 aliphatic heterocycles. The van der Waals surface area contributed by atoms with Crippen molar-refractivity contribution >= 4 is 23.6 Å². The van der Waals surface area contributed by atoms with E-state index in [1.54, 1.807) is 11.8 Å². The first kappa shape index (κ1) is 20.0. The van der Waals surface area contributed by atoms with Gasteiger partial charge < -0.3 is 9.80 Å². The summed E-state index contributed by atoms with van der Waals surface area (Å²) in [4.78, 5) is 29.1. The zero-order valence-electron chi connectivity index (χ0n) is 16.9. The third-order valence-corrected chi connectivity index (χ3v) is 7.22. The fraction of sp³-hybridized carbons (Fsp3) is 0.417. The second-order valence-corrected chi connectivity index (χ2v) is 9.15. The van der Waals surface area contributed by atoms with E-state index < -0.39 is 0 Å². The summed E-state index contributed by atoms with van der Waals surface area (Å²) in [5, 5.41) is 0.0335. The van der Waals surface area contributed by atoms with E-state index in [-0.39, 0.29) is 17.2 Å². The second-order valence-electron chi connectivity index (χ2n) is 8.08. The highest BCUT2D eigenvalue weighted by Crippen LogP contribution is 2.38. The van der Waals surface area contributed by atoms with Crippen molar-refractivity contribution in [2.75, 3.05) is 25.4 Å². The monoisotopic (exact) mass is 408 g/mol. The van der Waals surface area contributed by atoms with Crippen LogP contribution in [0.1, 0.15) is 46.6 Å². The molecule has 2 heterocycles. The summed E-state index contributed by atoms with van der Waals surface area (Å²) in [5.74, 6) is 1.55. The smallest absolute Gasteiger partial charge is 0.253 e. The third kappa shape index (κ3) is 4.67. The summed E-state index contributed by atoms with van der Waals surface area (Å²) >= 11 is 1.67. The Hall–Kier alpha value is -2.27. The van der Waals surface area contributed by atoms with Crippen molar-refractivity contribution in [3.8, 4) is 0 Å². The Labute approximate surface area is 177 Å². The van der Waals surface area contributed by atoms with Gasteiger partial charge in [0.1, 0.15) is 5.37 Å².